The number of aryl methyl sites for hydroxylation is 1. The van der Waals surface area contributed by atoms with Crippen molar-refractivity contribution < 1.29 is 14.7 Å². The van der Waals surface area contributed by atoms with Gasteiger partial charge in [0.25, 0.3) is 0 Å². The van der Waals surface area contributed by atoms with Crippen molar-refractivity contribution in [2.24, 2.45) is 0 Å². The minimum absolute atomic E-state index is 0.196. The third kappa shape index (κ3) is 5.54. The Morgan fingerprint density at radius 1 is 1.24 bits per heavy atom. The normalized spacial score (nSPS) is 10.2. The lowest BCUT2D eigenvalue weighted by Crippen LogP contribution is -2.06. The van der Waals surface area contributed by atoms with Crippen LogP contribution < -0.4 is 0 Å². The summed E-state index contributed by atoms with van der Waals surface area (Å²) in [6.45, 7) is 0. The van der Waals surface area contributed by atoms with Gasteiger partial charge in [0.2, 0.25) is 0 Å². The predicted molar refractivity (Wildman–Crippen MR) is 68.4 cm³/mol. The monoisotopic (exact) mass is 252 g/mol. The van der Waals surface area contributed by atoms with Crippen molar-refractivity contribution in [3.63, 3.8) is 0 Å². The zero-order chi connectivity index (χ0) is 12.7. The van der Waals surface area contributed by atoms with E-state index in [1.165, 1.54) is 10.5 Å². The van der Waals surface area contributed by atoms with Crippen LogP contribution in [-0.4, -0.2) is 23.1 Å². The first-order valence-corrected chi connectivity index (χ1v) is 6.70. The summed E-state index contributed by atoms with van der Waals surface area (Å²) >= 11 is 1.69. The van der Waals surface area contributed by atoms with Gasteiger partial charge < -0.3 is 5.11 Å². The molecule has 1 rings (SSSR count). The standard InChI is InChI=1S/C13H16O3S/c1-17-12-7-5-10(6-8-12)3-2-4-11(14)9-13(15)16/h5-8H,2-4,9H2,1H3,(H,15,16). The molecule has 0 atom stereocenters. The summed E-state index contributed by atoms with van der Waals surface area (Å²) in [6, 6.07) is 8.21. The molecule has 0 aromatic heterocycles. The van der Waals surface area contributed by atoms with Crippen LogP contribution in [0.15, 0.2) is 29.2 Å². The van der Waals surface area contributed by atoms with Gasteiger partial charge in [-0.3, -0.25) is 9.59 Å². The molecule has 92 valence electrons. The number of hydrogen-bond donors (Lipinski definition) is 1. The Labute approximate surface area is 105 Å². The second-order valence-corrected chi connectivity index (χ2v) is 4.69. The van der Waals surface area contributed by atoms with E-state index in [1.54, 1.807) is 11.8 Å². The number of hydrogen-bond acceptors (Lipinski definition) is 3. The Kier molecular flexibility index (Phi) is 5.77. The van der Waals surface area contributed by atoms with Crippen LogP contribution in [0.1, 0.15) is 24.8 Å². The van der Waals surface area contributed by atoms with E-state index in [4.69, 9.17) is 5.11 Å². The van der Waals surface area contributed by atoms with Gasteiger partial charge in [0, 0.05) is 11.3 Å². The van der Waals surface area contributed by atoms with E-state index in [2.05, 4.69) is 12.1 Å². The molecule has 0 amide bonds. The number of thioether (sulfide) groups is 1. The van der Waals surface area contributed by atoms with E-state index in [0.717, 1.165) is 6.42 Å². The summed E-state index contributed by atoms with van der Waals surface area (Å²) in [6.07, 6.45) is 3.55. The molecule has 0 saturated heterocycles. The number of carboxylic acid groups (broad SMARTS) is 1. The van der Waals surface area contributed by atoms with Crippen LogP contribution in [0, 0.1) is 0 Å². The highest BCUT2D eigenvalue weighted by Crippen LogP contribution is 2.16. The van der Waals surface area contributed by atoms with Gasteiger partial charge in [-0.05, 0) is 36.8 Å². The van der Waals surface area contributed by atoms with Gasteiger partial charge in [-0.25, -0.2) is 0 Å². The van der Waals surface area contributed by atoms with Gasteiger partial charge in [-0.15, -0.1) is 11.8 Å². The topological polar surface area (TPSA) is 54.4 Å². The number of carboxylic acids is 1. The molecular weight excluding hydrogens is 236 g/mol. The molecule has 0 heterocycles. The zero-order valence-electron chi connectivity index (χ0n) is 9.81. The lowest BCUT2D eigenvalue weighted by Gasteiger charge is -2.02. The van der Waals surface area contributed by atoms with Gasteiger partial charge in [0.15, 0.2) is 0 Å². The summed E-state index contributed by atoms with van der Waals surface area (Å²) in [5, 5.41) is 8.43. The van der Waals surface area contributed by atoms with Crippen LogP contribution in [0.3, 0.4) is 0 Å². The maximum atomic E-state index is 11.2. The third-order valence-electron chi connectivity index (χ3n) is 2.43. The predicted octanol–water partition coefficient (Wildman–Crippen LogP) is 2.78. The van der Waals surface area contributed by atoms with Crippen LogP contribution >= 0.6 is 11.8 Å². The molecule has 0 radical (unpaired) electrons. The number of Topliss-reactive ketones (excluding diaryl/α,β-unsaturated/α-hetero) is 1. The van der Waals surface area contributed by atoms with E-state index >= 15 is 0 Å². The molecule has 1 N–H and O–H groups in total. The van der Waals surface area contributed by atoms with Gasteiger partial charge in [0.05, 0.1) is 0 Å². The second-order valence-electron chi connectivity index (χ2n) is 3.81. The Morgan fingerprint density at radius 2 is 1.88 bits per heavy atom. The Balaban J connectivity index is 2.30. The fourth-order valence-corrected chi connectivity index (χ4v) is 1.95. The maximum absolute atomic E-state index is 11.2. The largest absolute Gasteiger partial charge is 0.481 e. The zero-order valence-corrected chi connectivity index (χ0v) is 10.6. The highest BCUT2D eigenvalue weighted by molar-refractivity contribution is 7.98. The lowest BCUT2D eigenvalue weighted by molar-refractivity contribution is -0.140. The molecule has 0 aliphatic heterocycles. The van der Waals surface area contributed by atoms with E-state index in [-0.39, 0.29) is 12.2 Å². The van der Waals surface area contributed by atoms with Gasteiger partial charge in [-0.2, -0.15) is 0 Å². The first-order valence-electron chi connectivity index (χ1n) is 5.48. The van der Waals surface area contributed by atoms with Crippen LogP contribution in [0.4, 0.5) is 0 Å². The van der Waals surface area contributed by atoms with Crippen molar-refractivity contribution in [3.05, 3.63) is 29.8 Å². The van der Waals surface area contributed by atoms with Crippen LogP contribution in [0.25, 0.3) is 0 Å². The number of ketones is 1. The fraction of sp³-hybridized carbons (Fsp3) is 0.385. The first-order chi connectivity index (χ1) is 8.11. The average molecular weight is 252 g/mol. The molecule has 17 heavy (non-hydrogen) atoms. The average Bonchev–Trinajstić information content (AvgIpc) is 2.29. The first kappa shape index (κ1) is 13.8. The molecule has 0 aliphatic rings. The Hall–Kier alpha value is -1.29. The molecule has 0 fully saturated rings. The van der Waals surface area contributed by atoms with Crippen molar-refractivity contribution >= 4 is 23.5 Å². The number of aliphatic carboxylic acids is 1. The SMILES string of the molecule is CSc1ccc(CCCC(=O)CC(=O)O)cc1. The van der Waals surface area contributed by atoms with Crippen molar-refractivity contribution in [1.29, 1.82) is 0 Å². The summed E-state index contributed by atoms with van der Waals surface area (Å²) in [5.41, 5.74) is 1.19. The summed E-state index contributed by atoms with van der Waals surface area (Å²) in [4.78, 5) is 22.7. The smallest absolute Gasteiger partial charge is 0.310 e. The molecular formula is C13H16O3S. The number of carbonyl (C=O) groups is 2. The summed E-state index contributed by atoms with van der Waals surface area (Å²) in [7, 11) is 0. The van der Waals surface area contributed by atoms with Gasteiger partial charge >= 0.3 is 5.97 Å². The van der Waals surface area contributed by atoms with Crippen LogP contribution in [-0.2, 0) is 16.0 Å². The van der Waals surface area contributed by atoms with Crippen molar-refractivity contribution in [3.8, 4) is 0 Å². The quantitative estimate of drug-likeness (QED) is 0.599. The van der Waals surface area contributed by atoms with E-state index in [9.17, 15) is 9.59 Å². The molecule has 0 unspecified atom stereocenters. The molecule has 1 aromatic rings. The highest BCUT2D eigenvalue weighted by Gasteiger charge is 2.07. The van der Waals surface area contributed by atoms with Crippen molar-refractivity contribution in [2.45, 2.75) is 30.6 Å². The van der Waals surface area contributed by atoms with Crippen LogP contribution in [0.2, 0.25) is 0 Å². The minimum Gasteiger partial charge on any atom is -0.481 e. The van der Waals surface area contributed by atoms with Crippen molar-refractivity contribution in [1.82, 2.24) is 0 Å². The van der Waals surface area contributed by atoms with E-state index in [1.807, 2.05) is 18.4 Å². The minimum atomic E-state index is -1.04. The third-order valence-corrected chi connectivity index (χ3v) is 3.17. The molecule has 3 nitrogen and oxygen atoms in total. The summed E-state index contributed by atoms with van der Waals surface area (Å²) < 4.78 is 0. The van der Waals surface area contributed by atoms with Crippen LogP contribution in [0.5, 0.6) is 0 Å². The van der Waals surface area contributed by atoms with Crippen molar-refractivity contribution in [2.75, 3.05) is 6.26 Å². The molecule has 4 heteroatoms. The maximum Gasteiger partial charge on any atom is 0.310 e. The highest BCUT2D eigenvalue weighted by atomic mass is 32.2. The Bertz CT molecular complexity index is 384. The fourth-order valence-electron chi connectivity index (χ4n) is 1.54. The van der Waals surface area contributed by atoms with E-state index in [0.29, 0.717) is 12.8 Å². The number of rotatable bonds is 7. The van der Waals surface area contributed by atoms with Gasteiger partial charge in [-0.1, -0.05) is 12.1 Å². The molecule has 1 aromatic carbocycles. The lowest BCUT2D eigenvalue weighted by atomic mass is 10.1. The summed E-state index contributed by atoms with van der Waals surface area (Å²) in [5.74, 6) is -1.24. The van der Waals surface area contributed by atoms with Gasteiger partial charge in [0.1, 0.15) is 12.2 Å². The molecule has 0 spiro atoms. The second kappa shape index (κ2) is 7.12. The Morgan fingerprint density at radius 3 is 2.41 bits per heavy atom. The number of benzene rings is 1. The molecule has 0 bridgehead atoms. The van der Waals surface area contributed by atoms with E-state index < -0.39 is 5.97 Å². The molecule has 0 saturated carbocycles. The number of carbonyl (C=O) groups excluding carboxylic acids is 1. The molecule has 0 aliphatic carbocycles.